The van der Waals surface area contributed by atoms with Crippen LogP contribution in [0.2, 0.25) is 5.02 Å². The smallest absolute Gasteiger partial charge is 0.243 e. The minimum Gasteiger partial charge on any atom is -0.352 e. The molecule has 42 heavy (non-hydrogen) atoms. The molecule has 3 aromatic rings. The Balaban J connectivity index is 1.89. The van der Waals surface area contributed by atoms with E-state index in [1.165, 1.54) is 11.0 Å². The van der Waals surface area contributed by atoms with Crippen molar-refractivity contribution in [2.45, 2.75) is 58.2 Å². The first-order valence-corrected chi connectivity index (χ1v) is 15.9. The predicted molar refractivity (Wildman–Crippen MR) is 162 cm³/mol. The third-order valence-electron chi connectivity index (χ3n) is 6.88. The normalized spacial score (nSPS) is 12.8. The van der Waals surface area contributed by atoms with E-state index >= 15 is 0 Å². The van der Waals surface area contributed by atoms with Crippen molar-refractivity contribution in [2.24, 2.45) is 0 Å². The van der Waals surface area contributed by atoms with Crippen LogP contribution >= 0.6 is 11.6 Å². The van der Waals surface area contributed by atoms with Crippen LogP contribution in [0.1, 0.15) is 44.2 Å². The molecule has 3 rings (SSSR count). The molecule has 226 valence electrons. The Morgan fingerprint density at radius 3 is 2.21 bits per heavy atom. The van der Waals surface area contributed by atoms with E-state index in [9.17, 15) is 26.8 Å². The molecule has 1 N–H and O–H groups in total. The second-order valence-corrected chi connectivity index (χ2v) is 12.6. The second kappa shape index (κ2) is 15.1. The lowest BCUT2D eigenvalue weighted by molar-refractivity contribution is -0.141. The summed E-state index contributed by atoms with van der Waals surface area (Å²) < 4.78 is 53.3. The van der Waals surface area contributed by atoms with Gasteiger partial charge in [-0.2, -0.15) is 0 Å². The molecule has 0 aliphatic rings. The molecule has 0 fully saturated rings. The van der Waals surface area contributed by atoms with Crippen LogP contribution in [0.5, 0.6) is 0 Å². The molecule has 0 aliphatic heterocycles. The van der Waals surface area contributed by atoms with Crippen molar-refractivity contribution in [3.8, 4) is 0 Å². The first-order chi connectivity index (χ1) is 19.9. The first kappa shape index (κ1) is 33.0. The molecule has 0 unspecified atom stereocenters. The van der Waals surface area contributed by atoms with E-state index in [1.54, 1.807) is 24.3 Å². The molecule has 3 aromatic carbocycles. The van der Waals surface area contributed by atoms with Crippen LogP contribution in [-0.2, 0) is 32.6 Å². The summed E-state index contributed by atoms with van der Waals surface area (Å²) in [5.74, 6) is -2.93. The van der Waals surface area contributed by atoms with Crippen LogP contribution < -0.4 is 9.62 Å². The quantitative estimate of drug-likeness (QED) is 0.250. The van der Waals surface area contributed by atoms with Crippen molar-refractivity contribution in [1.29, 1.82) is 0 Å². The molecule has 11 heteroatoms. The van der Waals surface area contributed by atoms with E-state index in [1.807, 2.05) is 44.2 Å². The van der Waals surface area contributed by atoms with Crippen molar-refractivity contribution in [3.63, 3.8) is 0 Å². The van der Waals surface area contributed by atoms with Gasteiger partial charge in [0.2, 0.25) is 21.8 Å². The summed E-state index contributed by atoms with van der Waals surface area (Å²) in [7, 11) is -3.86. The summed E-state index contributed by atoms with van der Waals surface area (Å²) in [5.41, 5.74) is 1.59. The van der Waals surface area contributed by atoms with E-state index in [0.29, 0.717) is 11.4 Å². The number of nitrogens with zero attached hydrogens (tertiary/aromatic N) is 2. The number of carbonyl (C=O) groups excluding carboxylic acids is 2. The van der Waals surface area contributed by atoms with Gasteiger partial charge in [-0.25, -0.2) is 17.2 Å². The number of nitrogens with one attached hydrogen (secondary N) is 1. The Morgan fingerprint density at radius 2 is 1.62 bits per heavy atom. The molecule has 0 bridgehead atoms. The number of halogens is 3. The monoisotopic (exact) mass is 619 g/mol. The fraction of sp³-hybridized carbons (Fsp3) is 0.355. The van der Waals surface area contributed by atoms with Gasteiger partial charge < -0.3 is 10.2 Å². The molecule has 0 heterocycles. The number of amides is 2. The molecule has 0 saturated carbocycles. The Morgan fingerprint density at radius 1 is 0.952 bits per heavy atom. The highest BCUT2D eigenvalue weighted by atomic mass is 35.5. The van der Waals surface area contributed by atoms with E-state index in [0.717, 1.165) is 33.8 Å². The highest BCUT2D eigenvalue weighted by Crippen LogP contribution is 2.22. The molecule has 2 atom stereocenters. The molecule has 0 saturated heterocycles. The summed E-state index contributed by atoms with van der Waals surface area (Å²) in [6.07, 6.45) is 1.92. The molecular formula is C31H36ClF2N3O4S. The van der Waals surface area contributed by atoms with Crippen LogP contribution in [-0.4, -0.2) is 50.0 Å². The molecule has 2 amide bonds. The highest BCUT2D eigenvalue weighted by Gasteiger charge is 2.31. The maximum absolute atomic E-state index is 13.9. The van der Waals surface area contributed by atoms with E-state index in [4.69, 9.17) is 11.6 Å². The molecule has 0 spiro atoms. The van der Waals surface area contributed by atoms with Crippen molar-refractivity contribution < 1.29 is 26.8 Å². The summed E-state index contributed by atoms with van der Waals surface area (Å²) in [5, 5.41) is 3.53. The van der Waals surface area contributed by atoms with Crippen molar-refractivity contribution in [3.05, 3.63) is 101 Å². The number of benzene rings is 3. The summed E-state index contributed by atoms with van der Waals surface area (Å²) in [6.45, 7) is 3.82. The number of hydrogen-bond acceptors (Lipinski definition) is 4. The highest BCUT2D eigenvalue weighted by molar-refractivity contribution is 7.92. The number of anilines is 1. The number of hydrogen-bond donors (Lipinski definition) is 1. The Hall–Kier alpha value is -3.50. The second-order valence-electron chi connectivity index (χ2n) is 10.2. The van der Waals surface area contributed by atoms with Crippen LogP contribution in [0.15, 0.2) is 72.8 Å². The lowest BCUT2D eigenvalue weighted by Gasteiger charge is -2.32. The average molecular weight is 620 g/mol. The lowest BCUT2D eigenvalue weighted by atomic mass is 10.0. The predicted octanol–water partition coefficient (Wildman–Crippen LogP) is 5.72. The number of carbonyl (C=O) groups is 2. The number of rotatable bonds is 14. The zero-order valence-electron chi connectivity index (χ0n) is 23.9. The number of sulfonamides is 1. The van der Waals surface area contributed by atoms with Gasteiger partial charge in [-0.3, -0.25) is 13.9 Å². The third-order valence-corrected chi connectivity index (χ3v) is 8.33. The van der Waals surface area contributed by atoms with Gasteiger partial charge in [0, 0.05) is 43.1 Å². The molecular weight excluding hydrogens is 584 g/mol. The van der Waals surface area contributed by atoms with E-state index in [-0.39, 0.29) is 55.9 Å². The summed E-state index contributed by atoms with van der Waals surface area (Å²) in [4.78, 5) is 28.9. The fourth-order valence-electron chi connectivity index (χ4n) is 4.43. The summed E-state index contributed by atoms with van der Waals surface area (Å²) >= 11 is 6.07. The fourth-order valence-corrected chi connectivity index (χ4v) is 5.51. The first-order valence-electron chi connectivity index (χ1n) is 13.7. The molecule has 0 radical (unpaired) electrons. The van der Waals surface area contributed by atoms with E-state index < -0.39 is 27.7 Å². The zero-order chi connectivity index (χ0) is 30.9. The maximum Gasteiger partial charge on any atom is 0.243 e. The standard InChI is InChI=1S/C31H36ClF2N3O4S/c1-4-22(2)35-31(39)29(19-23-9-6-5-7-10-23)36(21-24-12-14-25(32)15-13-24)30(38)11-8-18-37(42(3,40)41)26-16-17-27(33)28(34)20-26/h5-7,9-10,12-17,20,22,29H,4,8,11,18-19,21H2,1-3H3,(H,35,39)/t22-,29+/m1/s1. The van der Waals surface area contributed by atoms with Crippen LogP contribution in [0.3, 0.4) is 0 Å². The molecule has 0 aromatic heterocycles. The van der Waals surface area contributed by atoms with Crippen molar-refractivity contribution >= 4 is 39.1 Å². The Kier molecular flexibility index (Phi) is 11.9. The lowest BCUT2D eigenvalue weighted by Crippen LogP contribution is -2.52. The van der Waals surface area contributed by atoms with Gasteiger partial charge in [0.05, 0.1) is 11.9 Å². The Labute approximate surface area is 251 Å². The van der Waals surface area contributed by atoms with Crippen molar-refractivity contribution in [2.75, 3.05) is 17.1 Å². The van der Waals surface area contributed by atoms with E-state index in [2.05, 4.69) is 5.32 Å². The van der Waals surface area contributed by atoms with Crippen LogP contribution in [0, 0.1) is 11.6 Å². The van der Waals surface area contributed by atoms with Gasteiger partial charge in [0.15, 0.2) is 11.6 Å². The summed E-state index contributed by atoms with van der Waals surface area (Å²) in [6, 6.07) is 18.2. The van der Waals surface area contributed by atoms with Gasteiger partial charge in [-0.15, -0.1) is 0 Å². The molecule has 0 aliphatic carbocycles. The topological polar surface area (TPSA) is 86.8 Å². The van der Waals surface area contributed by atoms with Crippen LogP contribution in [0.4, 0.5) is 14.5 Å². The van der Waals surface area contributed by atoms with Crippen molar-refractivity contribution in [1.82, 2.24) is 10.2 Å². The minimum atomic E-state index is -3.86. The molecule has 7 nitrogen and oxygen atoms in total. The Bertz CT molecular complexity index is 1460. The third kappa shape index (κ3) is 9.52. The SMILES string of the molecule is CC[C@@H](C)NC(=O)[C@H](Cc1ccccc1)N(Cc1ccc(Cl)cc1)C(=O)CCCN(c1ccc(F)c(F)c1)S(C)(=O)=O. The van der Waals surface area contributed by atoms with Gasteiger partial charge in [0.25, 0.3) is 0 Å². The minimum absolute atomic E-state index is 0.0447. The van der Waals surface area contributed by atoms with Gasteiger partial charge in [0.1, 0.15) is 6.04 Å². The maximum atomic E-state index is 13.9. The largest absolute Gasteiger partial charge is 0.352 e. The van der Waals surface area contributed by atoms with Gasteiger partial charge >= 0.3 is 0 Å². The average Bonchev–Trinajstić information content (AvgIpc) is 2.95. The van der Waals surface area contributed by atoms with Gasteiger partial charge in [-0.1, -0.05) is 61.0 Å². The zero-order valence-corrected chi connectivity index (χ0v) is 25.5. The van der Waals surface area contributed by atoms with Crippen LogP contribution in [0.25, 0.3) is 0 Å². The van der Waals surface area contributed by atoms with Gasteiger partial charge in [-0.05, 0) is 55.2 Å².